The number of carbonyl (C=O) groups excluding carboxylic acids is 1. The molecule has 7 nitrogen and oxygen atoms in total. The summed E-state index contributed by atoms with van der Waals surface area (Å²) >= 11 is 0. The van der Waals surface area contributed by atoms with Crippen LogP contribution in [0.25, 0.3) is 17.0 Å². The van der Waals surface area contributed by atoms with Gasteiger partial charge in [0.1, 0.15) is 18.0 Å². The Hall–Kier alpha value is -3.81. The smallest absolute Gasteiger partial charge is 0.254 e. The summed E-state index contributed by atoms with van der Waals surface area (Å²) in [7, 11) is 0. The zero-order valence-electron chi connectivity index (χ0n) is 18.4. The molecule has 0 unspecified atom stereocenters. The van der Waals surface area contributed by atoms with Crippen molar-refractivity contribution in [2.75, 3.05) is 18.0 Å². The van der Waals surface area contributed by atoms with E-state index in [2.05, 4.69) is 25.3 Å². The second-order valence-corrected chi connectivity index (χ2v) is 8.40. The SMILES string of the molecule is Cc1ccc(CNC(=O)C2CCN(c3cc(-c4ccccc4)nc4ncnn34)CC2)cc1F. The minimum absolute atomic E-state index is 0.0150. The number of carbonyl (C=O) groups is 1. The molecule has 0 spiro atoms. The maximum absolute atomic E-state index is 13.8. The molecule has 1 aliphatic rings. The minimum atomic E-state index is -0.248. The molecule has 0 radical (unpaired) electrons. The summed E-state index contributed by atoms with van der Waals surface area (Å²) in [4.78, 5) is 23.9. The molecule has 33 heavy (non-hydrogen) atoms. The molecule has 1 aliphatic heterocycles. The second kappa shape index (κ2) is 8.97. The van der Waals surface area contributed by atoms with E-state index in [-0.39, 0.29) is 17.6 Å². The molecule has 168 valence electrons. The Bertz CT molecular complexity index is 1280. The lowest BCUT2D eigenvalue weighted by atomic mass is 9.95. The Labute approximate surface area is 191 Å². The molecule has 0 bridgehead atoms. The number of anilines is 1. The van der Waals surface area contributed by atoms with Gasteiger partial charge < -0.3 is 10.2 Å². The summed E-state index contributed by atoms with van der Waals surface area (Å²) in [6.45, 7) is 3.51. The van der Waals surface area contributed by atoms with Crippen LogP contribution in [0, 0.1) is 18.7 Å². The van der Waals surface area contributed by atoms with Gasteiger partial charge in [0.2, 0.25) is 5.91 Å². The summed E-state index contributed by atoms with van der Waals surface area (Å²) in [5.74, 6) is 1.17. The summed E-state index contributed by atoms with van der Waals surface area (Å²) < 4.78 is 15.5. The molecule has 0 saturated carbocycles. The van der Waals surface area contributed by atoms with E-state index >= 15 is 0 Å². The van der Waals surface area contributed by atoms with E-state index in [0.29, 0.717) is 17.9 Å². The average Bonchev–Trinajstić information content (AvgIpc) is 3.33. The number of aryl methyl sites for hydroxylation is 1. The zero-order valence-corrected chi connectivity index (χ0v) is 18.4. The van der Waals surface area contributed by atoms with E-state index in [0.717, 1.165) is 48.6 Å². The predicted molar refractivity (Wildman–Crippen MR) is 124 cm³/mol. The number of benzene rings is 2. The van der Waals surface area contributed by atoms with Crippen molar-refractivity contribution in [1.29, 1.82) is 0 Å². The lowest BCUT2D eigenvalue weighted by Crippen LogP contribution is -2.41. The molecule has 4 aromatic rings. The second-order valence-electron chi connectivity index (χ2n) is 8.40. The number of fused-ring (bicyclic) bond motifs is 1. The monoisotopic (exact) mass is 444 g/mol. The maximum atomic E-state index is 13.8. The highest BCUT2D eigenvalue weighted by Crippen LogP contribution is 2.27. The normalized spacial score (nSPS) is 14.5. The number of nitrogens with zero attached hydrogens (tertiary/aromatic N) is 5. The van der Waals surface area contributed by atoms with E-state index in [9.17, 15) is 9.18 Å². The molecule has 8 heteroatoms. The number of halogens is 1. The van der Waals surface area contributed by atoms with Crippen molar-refractivity contribution in [3.05, 3.63) is 77.9 Å². The molecular weight excluding hydrogens is 419 g/mol. The lowest BCUT2D eigenvalue weighted by molar-refractivity contribution is -0.125. The van der Waals surface area contributed by atoms with Crippen molar-refractivity contribution in [2.45, 2.75) is 26.3 Å². The van der Waals surface area contributed by atoms with Gasteiger partial charge in [-0.15, -0.1) is 0 Å². The van der Waals surface area contributed by atoms with Gasteiger partial charge in [-0.1, -0.05) is 42.5 Å². The van der Waals surface area contributed by atoms with Gasteiger partial charge in [0, 0.05) is 37.2 Å². The zero-order chi connectivity index (χ0) is 22.8. The first-order valence-corrected chi connectivity index (χ1v) is 11.1. The molecule has 0 aliphatic carbocycles. The van der Waals surface area contributed by atoms with E-state index in [1.807, 2.05) is 42.5 Å². The Balaban J connectivity index is 1.26. The van der Waals surface area contributed by atoms with Gasteiger partial charge in [0.05, 0.1) is 5.69 Å². The van der Waals surface area contributed by atoms with E-state index in [1.54, 1.807) is 17.5 Å². The van der Waals surface area contributed by atoms with Crippen LogP contribution in [-0.2, 0) is 11.3 Å². The Morgan fingerprint density at radius 3 is 2.67 bits per heavy atom. The number of hydrogen-bond acceptors (Lipinski definition) is 5. The number of amides is 1. The third-order valence-corrected chi connectivity index (χ3v) is 6.20. The maximum Gasteiger partial charge on any atom is 0.254 e. The van der Waals surface area contributed by atoms with Gasteiger partial charge in [-0.3, -0.25) is 4.79 Å². The van der Waals surface area contributed by atoms with E-state index < -0.39 is 0 Å². The van der Waals surface area contributed by atoms with Gasteiger partial charge in [-0.2, -0.15) is 14.6 Å². The van der Waals surface area contributed by atoms with Crippen LogP contribution in [0.3, 0.4) is 0 Å². The fraction of sp³-hybridized carbons (Fsp3) is 0.280. The highest BCUT2D eigenvalue weighted by atomic mass is 19.1. The number of nitrogens with one attached hydrogen (secondary N) is 1. The first-order chi connectivity index (χ1) is 16.1. The molecular formula is C25H25FN6O. The first kappa shape index (κ1) is 21.1. The number of aromatic nitrogens is 4. The topological polar surface area (TPSA) is 75.4 Å². The van der Waals surface area contributed by atoms with Gasteiger partial charge in [-0.05, 0) is 37.0 Å². The summed E-state index contributed by atoms with van der Waals surface area (Å²) in [5, 5.41) is 7.31. The predicted octanol–water partition coefficient (Wildman–Crippen LogP) is 3.77. The lowest BCUT2D eigenvalue weighted by Gasteiger charge is -2.33. The van der Waals surface area contributed by atoms with Crippen LogP contribution < -0.4 is 10.2 Å². The fourth-order valence-electron chi connectivity index (χ4n) is 4.23. The highest BCUT2D eigenvalue weighted by molar-refractivity contribution is 5.79. The quantitative estimate of drug-likeness (QED) is 0.507. The van der Waals surface area contributed by atoms with E-state index in [1.165, 1.54) is 12.4 Å². The summed E-state index contributed by atoms with van der Waals surface area (Å²) in [6, 6.07) is 17.1. The van der Waals surface area contributed by atoms with Crippen molar-refractivity contribution in [2.24, 2.45) is 5.92 Å². The molecule has 1 amide bonds. The molecule has 1 saturated heterocycles. The van der Waals surface area contributed by atoms with Crippen LogP contribution in [0.15, 0.2) is 60.9 Å². The van der Waals surface area contributed by atoms with Crippen LogP contribution in [0.4, 0.5) is 10.2 Å². The average molecular weight is 445 g/mol. The van der Waals surface area contributed by atoms with Gasteiger partial charge in [0.15, 0.2) is 0 Å². The van der Waals surface area contributed by atoms with Gasteiger partial charge in [0.25, 0.3) is 5.78 Å². The Morgan fingerprint density at radius 1 is 1.12 bits per heavy atom. The highest BCUT2D eigenvalue weighted by Gasteiger charge is 2.27. The summed E-state index contributed by atoms with van der Waals surface area (Å²) in [6.07, 6.45) is 2.97. The molecule has 0 atom stereocenters. The van der Waals surface area contributed by atoms with Crippen molar-refractivity contribution in [3.8, 4) is 11.3 Å². The van der Waals surface area contributed by atoms with Crippen LogP contribution in [-0.4, -0.2) is 38.6 Å². The summed E-state index contributed by atoms with van der Waals surface area (Å²) in [5.41, 5.74) is 3.23. The Kier molecular flexibility index (Phi) is 5.73. The van der Waals surface area contributed by atoms with Crippen LogP contribution in [0.2, 0.25) is 0 Å². The largest absolute Gasteiger partial charge is 0.356 e. The molecule has 1 N–H and O–H groups in total. The molecule has 2 aromatic heterocycles. The van der Waals surface area contributed by atoms with Crippen LogP contribution in [0.5, 0.6) is 0 Å². The minimum Gasteiger partial charge on any atom is -0.356 e. The number of hydrogen-bond donors (Lipinski definition) is 1. The van der Waals surface area contributed by atoms with Crippen molar-refractivity contribution >= 4 is 17.5 Å². The molecule has 1 fully saturated rings. The van der Waals surface area contributed by atoms with Crippen LogP contribution in [0.1, 0.15) is 24.0 Å². The standard InChI is InChI=1S/C25H25FN6O/c1-17-7-8-18(13-21(17)26)15-27-24(33)20-9-11-31(12-10-20)23-14-22(19-5-3-2-4-6-19)30-25-28-16-29-32(23)25/h2-8,13-14,16,20H,9-12,15H2,1H3,(H,27,33). The van der Waals surface area contributed by atoms with E-state index in [4.69, 9.17) is 0 Å². The molecule has 3 heterocycles. The molecule has 2 aromatic carbocycles. The van der Waals surface area contributed by atoms with Crippen LogP contribution >= 0.6 is 0 Å². The van der Waals surface area contributed by atoms with Crippen molar-refractivity contribution < 1.29 is 9.18 Å². The number of rotatable bonds is 5. The first-order valence-electron chi connectivity index (χ1n) is 11.1. The van der Waals surface area contributed by atoms with Crippen molar-refractivity contribution in [3.63, 3.8) is 0 Å². The Morgan fingerprint density at radius 2 is 1.91 bits per heavy atom. The van der Waals surface area contributed by atoms with Gasteiger partial charge in [-0.25, -0.2) is 9.37 Å². The van der Waals surface area contributed by atoms with Crippen molar-refractivity contribution in [1.82, 2.24) is 24.9 Å². The molecule has 5 rings (SSSR count). The fourth-order valence-corrected chi connectivity index (χ4v) is 4.23. The third kappa shape index (κ3) is 4.41. The van der Waals surface area contributed by atoms with Gasteiger partial charge >= 0.3 is 0 Å². The third-order valence-electron chi connectivity index (χ3n) is 6.20. The number of piperidine rings is 1.